The van der Waals surface area contributed by atoms with Gasteiger partial charge in [0, 0.05) is 13.2 Å². The van der Waals surface area contributed by atoms with Crippen molar-refractivity contribution in [3.8, 4) is 0 Å². The number of nitrogens with one attached hydrogen (secondary N) is 1. The van der Waals surface area contributed by atoms with Crippen LogP contribution in [0.15, 0.2) is 30.3 Å². The molecule has 0 aliphatic heterocycles. The molecule has 0 bridgehead atoms. The van der Waals surface area contributed by atoms with Gasteiger partial charge in [0.2, 0.25) is 0 Å². The van der Waals surface area contributed by atoms with E-state index in [0.29, 0.717) is 106 Å². The van der Waals surface area contributed by atoms with Gasteiger partial charge in [0.25, 0.3) is 0 Å². The number of amides is 1. The molecule has 0 spiro atoms. The van der Waals surface area contributed by atoms with Gasteiger partial charge in [-0.2, -0.15) is 0 Å². The van der Waals surface area contributed by atoms with Crippen molar-refractivity contribution in [2.24, 2.45) is 0 Å². The molecule has 50 heavy (non-hydrogen) atoms. The minimum absolute atomic E-state index is 0.244. The Hall–Kier alpha value is -1.83. The van der Waals surface area contributed by atoms with Crippen LogP contribution in [0.1, 0.15) is 96.0 Å². The Morgan fingerprint density at radius 3 is 1.18 bits per heavy atom. The zero-order valence-corrected chi connectivity index (χ0v) is 31.4. The van der Waals surface area contributed by atoms with Crippen LogP contribution in [0.5, 0.6) is 0 Å². The summed E-state index contributed by atoms with van der Waals surface area (Å²) in [6.07, 6.45) is 17.3. The lowest BCUT2D eigenvalue weighted by atomic mass is 10.0. The van der Waals surface area contributed by atoms with E-state index in [1.807, 2.05) is 30.3 Å². The largest absolute Gasteiger partial charge is 0.445 e. The van der Waals surface area contributed by atoms with Gasteiger partial charge in [-0.1, -0.05) is 114 Å². The monoisotopic (exact) mass is 714 g/mol. The van der Waals surface area contributed by atoms with E-state index in [9.17, 15) is 4.79 Å². The van der Waals surface area contributed by atoms with Gasteiger partial charge in [0.15, 0.2) is 0 Å². The number of benzene rings is 1. The van der Waals surface area contributed by atoms with E-state index in [0.717, 1.165) is 18.6 Å². The van der Waals surface area contributed by atoms with E-state index < -0.39 is 6.09 Å². The van der Waals surface area contributed by atoms with Gasteiger partial charge in [-0.25, -0.2) is 4.79 Å². The van der Waals surface area contributed by atoms with Gasteiger partial charge in [-0.3, -0.25) is 0 Å². The van der Waals surface area contributed by atoms with Crippen molar-refractivity contribution in [3.63, 3.8) is 0 Å². The summed E-state index contributed by atoms with van der Waals surface area (Å²) in [4.78, 5) is 11.7. The number of alkyl carbamates (subject to hydrolysis) is 1. The van der Waals surface area contributed by atoms with Gasteiger partial charge in [-0.15, -0.1) is 0 Å². The summed E-state index contributed by atoms with van der Waals surface area (Å²) in [7, 11) is 0. The molecule has 1 N–H and O–H groups in total. The normalized spacial score (nSPS) is 11.3. The number of carbonyl (C=O) groups excluding carboxylic acids is 1. The topological polar surface area (TPSA) is 112 Å². The standard InChI is InChI=1S/C39H71NO10/c1-2-3-4-5-6-7-8-9-10-11-12-13-17-21-42-23-25-44-27-29-46-31-33-48-35-36-49-34-32-47-30-28-45-26-24-43-22-20-40-39(41)50-37-38-18-15-14-16-19-38/h14-16,18-19H,2-13,17,20-37H2,1H3,(H,40,41). The molecular weight excluding hydrogens is 642 g/mol. The second kappa shape index (κ2) is 39.9. The highest BCUT2D eigenvalue weighted by molar-refractivity contribution is 5.67. The molecule has 0 radical (unpaired) electrons. The Morgan fingerprint density at radius 2 is 0.780 bits per heavy atom. The van der Waals surface area contributed by atoms with Crippen molar-refractivity contribution in [1.29, 1.82) is 0 Å². The van der Waals surface area contributed by atoms with Crippen LogP contribution in [0.4, 0.5) is 4.79 Å². The average molecular weight is 714 g/mol. The van der Waals surface area contributed by atoms with Crippen molar-refractivity contribution in [1.82, 2.24) is 5.32 Å². The molecule has 11 nitrogen and oxygen atoms in total. The molecule has 1 amide bonds. The van der Waals surface area contributed by atoms with Crippen molar-refractivity contribution in [2.75, 3.05) is 112 Å². The Labute approximate surface area is 303 Å². The van der Waals surface area contributed by atoms with Gasteiger partial charge in [0.1, 0.15) is 6.61 Å². The summed E-state index contributed by atoms with van der Waals surface area (Å²) in [5.74, 6) is 0. The molecule has 0 saturated carbocycles. The molecule has 1 rings (SSSR count). The molecule has 0 atom stereocenters. The summed E-state index contributed by atoms with van der Waals surface area (Å²) in [6.45, 7) is 11.5. The number of ether oxygens (including phenoxy) is 9. The lowest BCUT2D eigenvalue weighted by Gasteiger charge is -2.09. The quantitative estimate of drug-likeness (QED) is 0.0705. The highest BCUT2D eigenvalue weighted by atomic mass is 16.6. The van der Waals surface area contributed by atoms with Crippen LogP contribution in [0.25, 0.3) is 0 Å². The zero-order chi connectivity index (χ0) is 35.7. The number of hydrogen-bond acceptors (Lipinski definition) is 10. The number of carbonyl (C=O) groups is 1. The van der Waals surface area contributed by atoms with Crippen LogP contribution in [-0.4, -0.2) is 118 Å². The fourth-order valence-corrected chi connectivity index (χ4v) is 4.86. The maximum Gasteiger partial charge on any atom is 0.407 e. The van der Waals surface area contributed by atoms with Gasteiger partial charge in [0.05, 0.1) is 99.1 Å². The number of rotatable bonds is 40. The summed E-state index contributed by atoms with van der Waals surface area (Å²) >= 11 is 0. The van der Waals surface area contributed by atoms with E-state index in [1.165, 1.54) is 77.0 Å². The van der Waals surface area contributed by atoms with Gasteiger partial charge in [-0.05, 0) is 12.0 Å². The SMILES string of the molecule is CCCCCCCCCCCCCCCOCCOCCOCCOCCOCCOCCOCCOCCNC(=O)OCc1ccccc1. The average Bonchev–Trinajstić information content (AvgIpc) is 3.14. The third-order valence-electron chi connectivity index (χ3n) is 7.72. The van der Waals surface area contributed by atoms with Crippen molar-refractivity contribution in [2.45, 2.75) is 97.0 Å². The summed E-state index contributed by atoms with van der Waals surface area (Å²) in [6, 6.07) is 9.54. The predicted octanol–water partition coefficient (Wildman–Crippen LogP) is 7.14. The van der Waals surface area contributed by atoms with E-state index in [-0.39, 0.29) is 6.61 Å². The summed E-state index contributed by atoms with van der Waals surface area (Å²) in [5.41, 5.74) is 0.944. The minimum Gasteiger partial charge on any atom is -0.445 e. The fourth-order valence-electron chi connectivity index (χ4n) is 4.86. The Kier molecular flexibility index (Phi) is 36.9. The van der Waals surface area contributed by atoms with E-state index in [4.69, 9.17) is 42.6 Å². The molecule has 1 aromatic rings. The maximum absolute atomic E-state index is 11.7. The van der Waals surface area contributed by atoms with E-state index in [2.05, 4.69) is 12.2 Å². The molecule has 0 saturated heterocycles. The molecule has 292 valence electrons. The third-order valence-corrected chi connectivity index (χ3v) is 7.72. The second-order valence-corrected chi connectivity index (χ2v) is 12.1. The molecule has 0 fully saturated rings. The highest BCUT2D eigenvalue weighted by Crippen LogP contribution is 2.12. The van der Waals surface area contributed by atoms with Crippen LogP contribution in [0.2, 0.25) is 0 Å². The first-order valence-corrected chi connectivity index (χ1v) is 19.4. The lowest BCUT2D eigenvalue weighted by Crippen LogP contribution is -2.28. The third kappa shape index (κ3) is 36.0. The van der Waals surface area contributed by atoms with Gasteiger partial charge < -0.3 is 47.9 Å². The molecule has 11 heteroatoms. The lowest BCUT2D eigenvalue weighted by molar-refractivity contribution is -0.0230. The Bertz CT molecular complexity index is 804. The Morgan fingerprint density at radius 1 is 0.440 bits per heavy atom. The van der Waals surface area contributed by atoms with Crippen molar-refractivity contribution < 1.29 is 47.4 Å². The van der Waals surface area contributed by atoms with E-state index >= 15 is 0 Å². The van der Waals surface area contributed by atoms with Crippen LogP contribution in [-0.2, 0) is 49.2 Å². The van der Waals surface area contributed by atoms with Gasteiger partial charge >= 0.3 is 6.09 Å². The smallest absolute Gasteiger partial charge is 0.407 e. The van der Waals surface area contributed by atoms with Crippen LogP contribution in [0.3, 0.4) is 0 Å². The molecular formula is C39H71NO10. The predicted molar refractivity (Wildman–Crippen MR) is 197 cm³/mol. The molecule has 0 aliphatic carbocycles. The second-order valence-electron chi connectivity index (χ2n) is 12.1. The number of hydrogen-bond donors (Lipinski definition) is 1. The molecule has 0 heterocycles. The van der Waals surface area contributed by atoms with Crippen LogP contribution in [0, 0.1) is 0 Å². The zero-order valence-electron chi connectivity index (χ0n) is 31.4. The maximum atomic E-state index is 11.7. The molecule has 0 aromatic heterocycles. The van der Waals surface area contributed by atoms with Crippen molar-refractivity contribution >= 4 is 6.09 Å². The highest BCUT2D eigenvalue weighted by Gasteiger charge is 2.02. The Balaban J connectivity index is 1.63. The van der Waals surface area contributed by atoms with Crippen LogP contribution >= 0.6 is 0 Å². The first-order valence-electron chi connectivity index (χ1n) is 19.4. The molecule has 1 aromatic carbocycles. The van der Waals surface area contributed by atoms with Crippen molar-refractivity contribution in [3.05, 3.63) is 35.9 Å². The summed E-state index contributed by atoms with van der Waals surface area (Å²) < 4.78 is 49.3. The van der Waals surface area contributed by atoms with Crippen LogP contribution < -0.4 is 5.32 Å². The number of unbranched alkanes of at least 4 members (excludes halogenated alkanes) is 12. The minimum atomic E-state index is -0.462. The molecule has 0 aliphatic rings. The first kappa shape index (κ1) is 46.2. The van der Waals surface area contributed by atoms with E-state index in [1.54, 1.807) is 0 Å². The molecule has 0 unspecified atom stereocenters. The summed E-state index contributed by atoms with van der Waals surface area (Å²) in [5, 5.41) is 2.65. The first-order chi connectivity index (χ1) is 24.8. The fraction of sp³-hybridized carbons (Fsp3) is 0.821.